The molecule has 0 amide bonds. The van der Waals surface area contributed by atoms with Crippen LogP contribution in [-0.4, -0.2) is 69.9 Å². The van der Waals surface area contributed by atoms with E-state index in [4.69, 9.17) is 9.47 Å². The summed E-state index contributed by atoms with van der Waals surface area (Å²) in [6, 6.07) is 7.31. The summed E-state index contributed by atoms with van der Waals surface area (Å²) < 4.78 is 10.1. The molecule has 0 saturated carbocycles. The number of aliphatic imine (C=N–C) groups is 1. The maximum atomic E-state index is 11.4. The molecule has 1 aliphatic rings. The standard InChI is InChI=1S/C18H28N4O3/c1-3-19-18(20-8-9-22-10-12-25-13-11-22)21-14-15-4-6-16(7-5-15)17(23)24-2/h4-7H,3,8-14H2,1-2H3,(H2,19,20,21). The average Bonchev–Trinajstić information content (AvgIpc) is 2.66. The molecule has 1 heterocycles. The number of rotatable bonds is 7. The van der Waals surface area contributed by atoms with E-state index >= 15 is 0 Å². The molecule has 2 N–H and O–H groups in total. The number of benzene rings is 1. The molecule has 0 aromatic heterocycles. The van der Waals surface area contributed by atoms with Crippen LogP contribution in [0.3, 0.4) is 0 Å². The van der Waals surface area contributed by atoms with Crippen LogP contribution >= 0.6 is 0 Å². The second-order valence-corrected chi connectivity index (χ2v) is 5.76. The molecule has 7 heteroatoms. The Balaban J connectivity index is 1.82. The lowest BCUT2D eigenvalue weighted by Gasteiger charge is -2.26. The Labute approximate surface area is 149 Å². The lowest BCUT2D eigenvalue weighted by molar-refractivity contribution is 0.0389. The molecule has 1 aromatic rings. The molecule has 1 fully saturated rings. The molecular formula is C18H28N4O3. The normalized spacial score (nSPS) is 15.7. The van der Waals surface area contributed by atoms with Gasteiger partial charge in [-0.1, -0.05) is 12.1 Å². The van der Waals surface area contributed by atoms with E-state index in [0.29, 0.717) is 12.1 Å². The van der Waals surface area contributed by atoms with Crippen LogP contribution in [0.5, 0.6) is 0 Å². The van der Waals surface area contributed by atoms with Crippen molar-refractivity contribution in [3.05, 3.63) is 35.4 Å². The van der Waals surface area contributed by atoms with Gasteiger partial charge in [0.2, 0.25) is 0 Å². The minimum Gasteiger partial charge on any atom is -0.465 e. The molecule has 0 unspecified atom stereocenters. The summed E-state index contributed by atoms with van der Waals surface area (Å²) in [6.07, 6.45) is 0. The van der Waals surface area contributed by atoms with Crippen molar-refractivity contribution in [1.82, 2.24) is 15.5 Å². The van der Waals surface area contributed by atoms with E-state index in [1.807, 2.05) is 19.1 Å². The van der Waals surface area contributed by atoms with Crippen molar-refractivity contribution in [3.63, 3.8) is 0 Å². The van der Waals surface area contributed by atoms with E-state index in [9.17, 15) is 4.79 Å². The number of nitrogens with zero attached hydrogens (tertiary/aromatic N) is 2. The van der Waals surface area contributed by atoms with Gasteiger partial charge < -0.3 is 20.1 Å². The largest absolute Gasteiger partial charge is 0.465 e. The molecule has 1 aliphatic heterocycles. The number of esters is 1. The number of hydrogen-bond donors (Lipinski definition) is 2. The smallest absolute Gasteiger partial charge is 0.337 e. The van der Waals surface area contributed by atoms with E-state index < -0.39 is 0 Å². The SMILES string of the molecule is CCNC(=NCc1ccc(C(=O)OC)cc1)NCCN1CCOCC1. The van der Waals surface area contributed by atoms with Gasteiger partial charge in [0.15, 0.2) is 5.96 Å². The second kappa shape index (κ2) is 10.7. The molecule has 138 valence electrons. The highest BCUT2D eigenvalue weighted by atomic mass is 16.5. The third kappa shape index (κ3) is 6.72. The number of carbonyl (C=O) groups is 1. The highest BCUT2D eigenvalue weighted by Crippen LogP contribution is 2.06. The number of carbonyl (C=O) groups excluding carboxylic acids is 1. The highest BCUT2D eigenvalue weighted by molar-refractivity contribution is 5.89. The number of morpholine rings is 1. The van der Waals surface area contributed by atoms with Crippen LogP contribution in [0.2, 0.25) is 0 Å². The maximum Gasteiger partial charge on any atom is 0.337 e. The van der Waals surface area contributed by atoms with Crippen molar-refractivity contribution in [3.8, 4) is 0 Å². The van der Waals surface area contributed by atoms with Crippen LogP contribution in [0, 0.1) is 0 Å². The van der Waals surface area contributed by atoms with E-state index in [0.717, 1.165) is 57.5 Å². The summed E-state index contributed by atoms with van der Waals surface area (Å²) in [4.78, 5) is 18.4. The van der Waals surface area contributed by atoms with Gasteiger partial charge in [-0.05, 0) is 24.6 Å². The van der Waals surface area contributed by atoms with Crippen LogP contribution < -0.4 is 10.6 Å². The first kappa shape index (κ1) is 19.2. The summed E-state index contributed by atoms with van der Waals surface area (Å²) in [6.45, 7) is 8.83. The van der Waals surface area contributed by atoms with Crippen molar-refractivity contribution in [2.24, 2.45) is 4.99 Å². The Kier molecular flexibility index (Phi) is 8.21. The average molecular weight is 348 g/mol. The molecule has 0 atom stereocenters. The molecule has 0 radical (unpaired) electrons. The molecule has 1 saturated heterocycles. The van der Waals surface area contributed by atoms with Gasteiger partial charge >= 0.3 is 5.97 Å². The lowest BCUT2D eigenvalue weighted by Crippen LogP contribution is -2.44. The molecule has 7 nitrogen and oxygen atoms in total. The van der Waals surface area contributed by atoms with Crippen LogP contribution in [0.4, 0.5) is 0 Å². The molecule has 0 bridgehead atoms. The fourth-order valence-corrected chi connectivity index (χ4v) is 2.53. The lowest BCUT2D eigenvalue weighted by atomic mass is 10.1. The Morgan fingerprint density at radius 3 is 2.60 bits per heavy atom. The van der Waals surface area contributed by atoms with Gasteiger partial charge in [-0.3, -0.25) is 4.90 Å². The zero-order valence-electron chi connectivity index (χ0n) is 15.1. The first-order valence-electron chi connectivity index (χ1n) is 8.72. The fourth-order valence-electron chi connectivity index (χ4n) is 2.53. The maximum absolute atomic E-state index is 11.4. The minimum atomic E-state index is -0.326. The van der Waals surface area contributed by atoms with E-state index in [1.54, 1.807) is 12.1 Å². The molecule has 2 rings (SSSR count). The molecule has 1 aromatic carbocycles. The first-order valence-corrected chi connectivity index (χ1v) is 8.72. The van der Waals surface area contributed by atoms with Gasteiger partial charge in [-0.2, -0.15) is 0 Å². The van der Waals surface area contributed by atoms with E-state index in [2.05, 4.69) is 20.5 Å². The third-order valence-corrected chi connectivity index (χ3v) is 3.96. The van der Waals surface area contributed by atoms with E-state index in [1.165, 1.54) is 7.11 Å². The number of guanidine groups is 1. The second-order valence-electron chi connectivity index (χ2n) is 5.76. The minimum absolute atomic E-state index is 0.326. The topological polar surface area (TPSA) is 75.2 Å². The molecular weight excluding hydrogens is 320 g/mol. The summed E-state index contributed by atoms with van der Waals surface area (Å²) in [5, 5.41) is 6.61. The van der Waals surface area contributed by atoms with Gasteiger partial charge in [0.1, 0.15) is 0 Å². The van der Waals surface area contributed by atoms with Crippen molar-refractivity contribution in [2.45, 2.75) is 13.5 Å². The summed E-state index contributed by atoms with van der Waals surface area (Å²) in [7, 11) is 1.38. The predicted octanol–water partition coefficient (Wildman–Crippen LogP) is 0.861. The molecule has 25 heavy (non-hydrogen) atoms. The van der Waals surface area contributed by atoms with Crippen molar-refractivity contribution in [2.75, 3.05) is 53.0 Å². The predicted molar refractivity (Wildman–Crippen MR) is 97.9 cm³/mol. The van der Waals surface area contributed by atoms with Crippen LogP contribution in [0.25, 0.3) is 0 Å². The highest BCUT2D eigenvalue weighted by Gasteiger charge is 2.09. The molecule has 0 spiro atoms. The zero-order chi connectivity index (χ0) is 17.9. The quantitative estimate of drug-likeness (QED) is 0.432. The number of hydrogen-bond acceptors (Lipinski definition) is 5. The van der Waals surface area contributed by atoms with Crippen LogP contribution in [0.15, 0.2) is 29.3 Å². The third-order valence-electron chi connectivity index (χ3n) is 3.96. The van der Waals surface area contributed by atoms with Gasteiger partial charge in [0, 0.05) is 32.7 Å². The van der Waals surface area contributed by atoms with Crippen LogP contribution in [0.1, 0.15) is 22.8 Å². The summed E-state index contributed by atoms with van der Waals surface area (Å²) >= 11 is 0. The van der Waals surface area contributed by atoms with Gasteiger partial charge in [-0.25, -0.2) is 9.79 Å². The Bertz CT molecular complexity index is 554. The number of nitrogens with one attached hydrogen (secondary N) is 2. The Morgan fingerprint density at radius 1 is 1.24 bits per heavy atom. The first-order chi connectivity index (χ1) is 12.2. The Morgan fingerprint density at radius 2 is 1.96 bits per heavy atom. The van der Waals surface area contributed by atoms with Gasteiger partial charge in [0.05, 0.1) is 32.4 Å². The Hall–Kier alpha value is -2.12. The number of methoxy groups -OCH3 is 1. The van der Waals surface area contributed by atoms with Gasteiger partial charge in [0.25, 0.3) is 0 Å². The van der Waals surface area contributed by atoms with Crippen molar-refractivity contribution < 1.29 is 14.3 Å². The van der Waals surface area contributed by atoms with Crippen molar-refractivity contribution in [1.29, 1.82) is 0 Å². The van der Waals surface area contributed by atoms with Crippen molar-refractivity contribution >= 4 is 11.9 Å². The molecule has 0 aliphatic carbocycles. The zero-order valence-corrected chi connectivity index (χ0v) is 15.1. The number of ether oxygens (including phenoxy) is 2. The van der Waals surface area contributed by atoms with Gasteiger partial charge in [-0.15, -0.1) is 0 Å². The summed E-state index contributed by atoms with van der Waals surface area (Å²) in [5.41, 5.74) is 1.59. The van der Waals surface area contributed by atoms with E-state index in [-0.39, 0.29) is 5.97 Å². The fraction of sp³-hybridized carbons (Fsp3) is 0.556. The van der Waals surface area contributed by atoms with Crippen LogP contribution in [-0.2, 0) is 16.0 Å². The monoisotopic (exact) mass is 348 g/mol. The summed E-state index contributed by atoms with van der Waals surface area (Å²) in [5.74, 6) is 0.473.